The molecule has 0 aliphatic carbocycles. The summed E-state index contributed by atoms with van der Waals surface area (Å²) in [5.41, 5.74) is 2.53. The van der Waals surface area contributed by atoms with Crippen LogP contribution >= 0.6 is 0 Å². The summed E-state index contributed by atoms with van der Waals surface area (Å²) in [7, 11) is 1.26. The van der Waals surface area contributed by atoms with Gasteiger partial charge < -0.3 is 14.8 Å². The van der Waals surface area contributed by atoms with Crippen LogP contribution < -0.4 is 10.1 Å². The zero-order valence-electron chi connectivity index (χ0n) is 18.0. The van der Waals surface area contributed by atoms with Gasteiger partial charge in [-0.2, -0.15) is 4.68 Å². The average Bonchev–Trinajstić information content (AvgIpc) is 3.31. The van der Waals surface area contributed by atoms with Gasteiger partial charge in [0.2, 0.25) is 5.95 Å². The van der Waals surface area contributed by atoms with E-state index in [1.165, 1.54) is 11.8 Å². The molecule has 0 saturated carbocycles. The first-order valence-corrected chi connectivity index (χ1v) is 10.3. The lowest BCUT2D eigenvalue weighted by molar-refractivity contribution is -0.136. The maximum absolute atomic E-state index is 13.7. The molecule has 3 aromatic rings. The van der Waals surface area contributed by atoms with Gasteiger partial charge in [0, 0.05) is 5.56 Å². The van der Waals surface area contributed by atoms with Crippen molar-refractivity contribution in [3.63, 3.8) is 0 Å². The van der Waals surface area contributed by atoms with E-state index in [0.29, 0.717) is 17.9 Å². The van der Waals surface area contributed by atoms with Crippen LogP contribution in [0, 0.1) is 0 Å². The highest BCUT2D eigenvalue weighted by Crippen LogP contribution is 2.36. The highest BCUT2D eigenvalue weighted by molar-refractivity contribution is 6.14. The van der Waals surface area contributed by atoms with Crippen molar-refractivity contribution in [2.24, 2.45) is 0 Å². The number of nitrogens with zero attached hydrogens (tertiary/aromatic N) is 4. The second-order valence-electron chi connectivity index (χ2n) is 7.14. The minimum absolute atomic E-state index is 0.0123. The molecule has 1 aliphatic heterocycles. The van der Waals surface area contributed by atoms with Crippen molar-refractivity contribution in [2.45, 2.75) is 26.3 Å². The quantitative estimate of drug-likeness (QED) is 0.448. The van der Waals surface area contributed by atoms with Gasteiger partial charge in [-0.1, -0.05) is 36.3 Å². The molecule has 164 valence electrons. The smallest absolute Gasteiger partial charge is 0.355 e. The number of methoxy groups -OCH3 is 1. The Morgan fingerprint density at radius 2 is 1.78 bits per heavy atom. The van der Waals surface area contributed by atoms with Crippen LogP contribution in [0.25, 0.3) is 0 Å². The Labute approximate surface area is 185 Å². The number of Topliss-reactive ketones (excluding diaryl/α,β-unsaturated/α-hetero) is 1. The third kappa shape index (κ3) is 3.84. The molecule has 9 nitrogen and oxygen atoms in total. The Morgan fingerprint density at radius 1 is 1.06 bits per heavy atom. The van der Waals surface area contributed by atoms with Crippen LogP contribution in [-0.4, -0.2) is 45.7 Å². The Kier molecular flexibility index (Phi) is 5.98. The van der Waals surface area contributed by atoms with Crippen molar-refractivity contribution in [1.82, 2.24) is 20.2 Å². The van der Waals surface area contributed by atoms with E-state index >= 15 is 0 Å². The standard InChI is InChI=1S/C23H23N5O4/c1-4-14-6-8-15(9-7-14)20-18(21(29)16-10-12-17(13-11-16)32-5-2)19(22(30)31-3)24-23-25-26-27-28(20)23/h6-13,20H,4-5H2,1-3H3,(H,24,25,27)/t20-/m1/s1. The van der Waals surface area contributed by atoms with Crippen LogP contribution in [0.15, 0.2) is 59.8 Å². The number of ketones is 1. The van der Waals surface area contributed by atoms with Crippen LogP contribution in [-0.2, 0) is 16.0 Å². The number of anilines is 1. The van der Waals surface area contributed by atoms with Gasteiger partial charge >= 0.3 is 5.97 Å². The molecule has 0 radical (unpaired) electrons. The molecule has 2 aromatic carbocycles. The zero-order chi connectivity index (χ0) is 22.7. The monoisotopic (exact) mass is 433 g/mol. The summed E-state index contributed by atoms with van der Waals surface area (Å²) in [6, 6.07) is 13.9. The molecule has 0 unspecified atom stereocenters. The molecule has 0 saturated heterocycles. The third-order valence-electron chi connectivity index (χ3n) is 5.28. The first-order valence-electron chi connectivity index (χ1n) is 10.3. The van der Waals surface area contributed by atoms with Gasteiger partial charge in [-0.05, 0) is 59.2 Å². The highest BCUT2D eigenvalue weighted by Gasteiger charge is 2.38. The number of allylic oxidation sites excluding steroid dienone is 1. The molecule has 1 atom stereocenters. The van der Waals surface area contributed by atoms with Gasteiger partial charge in [-0.3, -0.25) is 4.79 Å². The molecule has 0 bridgehead atoms. The van der Waals surface area contributed by atoms with E-state index in [4.69, 9.17) is 9.47 Å². The number of nitrogens with one attached hydrogen (secondary N) is 1. The van der Waals surface area contributed by atoms with E-state index in [9.17, 15) is 9.59 Å². The van der Waals surface area contributed by atoms with E-state index in [-0.39, 0.29) is 23.0 Å². The fourth-order valence-electron chi connectivity index (χ4n) is 3.66. The summed E-state index contributed by atoms with van der Waals surface area (Å²) in [6.45, 7) is 4.47. The van der Waals surface area contributed by atoms with Gasteiger partial charge in [0.25, 0.3) is 0 Å². The second-order valence-corrected chi connectivity index (χ2v) is 7.14. The van der Waals surface area contributed by atoms with E-state index in [1.54, 1.807) is 24.3 Å². The summed E-state index contributed by atoms with van der Waals surface area (Å²) in [4.78, 5) is 26.4. The fourth-order valence-corrected chi connectivity index (χ4v) is 3.66. The predicted octanol–water partition coefficient (Wildman–Crippen LogP) is 2.96. The number of benzene rings is 2. The molecule has 1 N–H and O–H groups in total. The Morgan fingerprint density at radius 3 is 2.41 bits per heavy atom. The van der Waals surface area contributed by atoms with Gasteiger partial charge in [-0.15, -0.1) is 0 Å². The van der Waals surface area contributed by atoms with Gasteiger partial charge in [-0.25, -0.2) is 4.79 Å². The van der Waals surface area contributed by atoms with Crippen molar-refractivity contribution in [3.05, 3.63) is 76.5 Å². The van der Waals surface area contributed by atoms with Crippen molar-refractivity contribution in [1.29, 1.82) is 0 Å². The van der Waals surface area contributed by atoms with E-state index < -0.39 is 12.0 Å². The number of carbonyl (C=O) groups excluding carboxylic acids is 2. The molecule has 0 amide bonds. The van der Waals surface area contributed by atoms with Crippen LogP contribution in [0.3, 0.4) is 0 Å². The number of hydrogen-bond donors (Lipinski definition) is 1. The van der Waals surface area contributed by atoms with Crippen LogP contribution in [0.5, 0.6) is 5.75 Å². The average molecular weight is 433 g/mol. The maximum atomic E-state index is 13.7. The van der Waals surface area contributed by atoms with Gasteiger partial charge in [0.15, 0.2) is 5.78 Å². The van der Waals surface area contributed by atoms with E-state index in [0.717, 1.165) is 17.5 Å². The molecule has 2 heterocycles. The highest BCUT2D eigenvalue weighted by atomic mass is 16.5. The molecular weight excluding hydrogens is 410 g/mol. The number of carbonyl (C=O) groups is 2. The molecule has 0 fully saturated rings. The topological polar surface area (TPSA) is 108 Å². The SMILES string of the molecule is CCOc1ccc(C(=O)C2=C(C(=O)OC)Nc3nnnn3[C@@H]2c2ccc(CC)cc2)cc1. The number of hydrogen-bond acceptors (Lipinski definition) is 8. The normalized spacial score (nSPS) is 15.0. The van der Waals surface area contributed by atoms with Crippen molar-refractivity contribution < 1.29 is 19.1 Å². The van der Waals surface area contributed by atoms with Crippen molar-refractivity contribution in [2.75, 3.05) is 19.0 Å². The second kappa shape index (κ2) is 9.01. The molecule has 1 aromatic heterocycles. The zero-order valence-corrected chi connectivity index (χ0v) is 18.0. The fraction of sp³-hybridized carbons (Fsp3) is 0.261. The lowest BCUT2D eigenvalue weighted by Gasteiger charge is -2.28. The number of aromatic nitrogens is 4. The molecule has 0 spiro atoms. The maximum Gasteiger partial charge on any atom is 0.355 e. The van der Waals surface area contributed by atoms with E-state index in [2.05, 4.69) is 27.8 Å². The predicted molar refractivity (Wildman–Crippen MR) is 116 cm³/mol. The van der Waals surface area contributed by atoms with Crippen LogP contribution in [0.4, 0.5) is 5.95 Å². The number of rotatable bonds is 7. The first kappa shape index (κ1) is 21.2. The Balaban J connectivity index is 1.86. The molecule has 4 rings (SSSR count). The lowest BCUT2D eigenvalue weighted by Crippen LogP contribution is -2.33. The van der Waals surface area contributed by atoms with Crippen LogP contribution in [0.1, 0.15) is 41.4 Å². The lowest BCUT2D eigenvalue weighted by atomic mass is 9.89. The summed E-state index contributed by atoms with van der Waals surface area (Å²) in [5, 5.41) is 14.6. The van der Waals surface area contributed by atoms with Crippen molar-refractivity contribution in [3.8, 4) is 5.75 Å². The number of ether oxygens (including phenoxy) is 2. The Bertz CT molecular complexity index is 1170. The molecule has 1 aliphatic rings. The Hall–Kier alpha value is -4.01. The minimum atomic E-state index is -0.708. The number of tetrazole rings is 1. The van der Waals surface area contributed by atoms with Crippen LogP contribution in [0.2, 0.25) is 0 Å². The summed E-state index contributed by atoms with van der Waals surface area (Å²) >= 11 is 0. The van der Waals surface area contributed by atoms with Gasteiger partial charge in [0.05, 0.1) is 19.3 Å². The summed E-state index contributed by atoms with van der Waals surface area (Å²) < 4.78 is 11.9. The molecular formula is C23H23N5O4. The van der Waals surface area contributed by atoms with E-state index in [1.807, 2.05) is 31.2 Å². The minimum Gasteiger partial charge on any atom is -0.494 e. The summed E-state index contributed by atoms with van der Waals surface area (Å²) in [6.07, 6.45) is 0.879. The molecule has 32 heavy (non-hydrogen) atoms. The summed E-state index contributed by atoms with van der Waals surface area (Å²) in [5.74, 6) is -0.115. The van der Waals surface area contributed by atoms with Gasteiger partial charge in [0.1, 0.15) is 17.5 Å². The van der Waals surface area contributed by atoms with Crippen molar-refractivity contribution >= 4 is 17.7 Å². The number of aryl methyl sites for hydroxylation is 1. The number of esters is 1. The number of fused-ring (bicyclic) bond motifs is 1. The molecule has 9 heteroatoms. The first-order chi connectivity index (χ1) is 15.6. The largest absolute Gasteiger partial charge is 0.494 e. The third-order valence-corrected chi connectivity index (χ3v) is 5.28.